The molecule has 1 aromatic rings. The Morgan fingerprint density at radius 1 is 1.42 bits per heavy atom. The van der Waals surface area contributed by atoms with E-state index in [1.807, 2.05) is 0 Å². The highest BCUT2D eigenvalue weighted by molar-refractivity contribution is 7.89. The summed E-state index contributed by atoms with van der Waals surface area (Å²) in [6, 6.07) is 4.66. The van der Waals surface area contributed by atoms with Gasteiger partial charge in [-0.2, -0.15) is 0 Å². The fourth-order valence-electron chi connectivity index (χ4n) is 2.27. The van der Waals surface area contributed by atoms with Crippen LogP contribution in [0.15, 0.2) is 23.1 Å². The first-order chi connectivity index (χ1) is 8.80. The molecule has 1 atom stereocenters. The van der Waals surface area contributed by atoms with Gasteiger partial charge in [-0.25, -0.2) is 13.6 Å². The lowest BCUT2D eigenvalue weighted by atomic mass is 9.94. The third kappa shape index (κ3) is 3.37. The first-order valence-electron chi connectivity index (χ1n) is 6.08. The first kappa shape index (κ1) is 14.1. The molecule has 0 radical (unpaired) electrons. The fourth-order valence-corrected chi connectivity index (χ4v) is 2.91. The Labute approximate surface area is 113 Å². The number of nitrogens with two attached hydrogens (primary N) is 2. The summed E-state index contributed by atoms with van der Waals surface area (Å²) in [4.78, 5) is -0.0527. The molecule has 1 unspecified atom stereocenters. The highest BCUT2D eigenvalue weighted by atomic mass is 32.2. The molecular weight excluding hydrogens is 266 g/mol. The molecular formula is C12H19N3O3S. The predicted molar refractivity (Wildman–Crippen MR) is 74.3 cm³/mol. The summed E-state index contributed by atoms with van der Waals surface area (Å²) in [6.07, 6.45) is 1.98. The predicted octanol–water partition coefficient (Wildman–Crippen LogP) is 0.897. The van der Waals surface area contributed by atoms with Crippen molar-refractivity contribution < 1.29 is 13.2 Å². The summed E-state index contributed by atoms with van der Waals surface area (Å²) in [5.41, 5.74) is 6.47. The van der Waals surface area contributed by atoms with Crippen molar-refractivity contribution in [2.45, 2.75) is 30.2 Å². The van der Waals surface area contributed by atoms with Crippen molar-refractivity contribution >= 4 is 21.4 Å². The average Bonchev–Trinajstić information content (AvgIpc) is 2.27. The van der Waals surface area contributed by atoms with Gasteiger partial charge >= 0.3 is 0 Å². The maximum absolute atomic E-state index is 11.3. The molecule has 5 N–H and O–H groups in total. The summed E-state index contributed by atoms with van der Waals surface area (Å²) in [5, 5.41) is 8.41. The van der Waals surface area contributed by atoms with E-state index in [2.05, 4.69) is 12.2 Å². The highest BCUT2D eigenvalue weighted by Gasteiger charge is 2.27. The van der Waals surface area contributed by atoms with Crippen molar-refractivity contribution in [3.05, 3.63) is 18.2 Å². The molecule has 1 aromatic carbocycles. The van der Waals surface area contributed by atoms with Crippen molar-refractivity contribution in [2.24, 2.45) is 5.14 Å². The first-order valence-corrected chi connectivity index (χ1v) is 7.63. The Kier molecular flexibility index (Phi) is 3.71. The van der Waals surface area contributed by atoms with Crippen LogP contribution in [0.5, 0.6) is 0 Å². The van der Waals surface area contributed by atoms with E-state index in [-0.39, 0.29) is 16.1 Å². The van der Waals surface area contributed by atoms with E-state index in [0.29, 0.717) is 6.61 Å². The van der Waals surface area contributed by atoms with Gasteiger partial charge in [0.1, 0.15) is 4.90 Å². The number of hydrogen-bond donors (Lipinski definition) is 3. The monoisotopic (exact) mass is 285 g/mol. The Bertz CT molecular complexity index is 566. The lowest BCUT2D eigenvalue weighted by Crippen LogP contribution is -2.43. The molecule has 0 bridgehead atoms. The van der Waals surface area contributed by atoms with E-state index >= 15 is 0 Å². The summed E-state index contributed by atoms with van der Waals surface area (Å²) < 4.78 is 28.0. The number of primary sulfonamides is 1. The van der Waals surface area contributed by atoms with Crippen LogP contribution in [0.1, 0.15) is 19.8 Å². The molecule has 2 rings (SSSR count). The van der Waals surface area contributed by atoms with Crippen LogP contribution in [0.4, 0.5) is 11.4 Å². The molecule has 7 heteroatoms. The Morgan fingerprint density at radius 2 is 2.16 bits per heavy atom. The van der Waals surface area contributed by atoms with E-state index in [0.717, 1.165) is 25.1 Å². The van der Waals surface area contributed by atoms with E-state index < -0.39 is 10.0 Å². The normalized spacial score (nSPS) is 24.1. The number of sulfonamides is 1. The van der Waals surface area contributed by atoms with Crippen molar-refractivity contribution in [3.8, 4) is 0 Å². The van der Waals surface area contributed by atoms with Gasteiger partial charge in [0.2, 0.25) is 10.0 Å². The van der Waals surface area contributed by atoms with Gasteiger partial charge in [-0.15, -0.1) is 0 Å². The number of ether oxygens (including phenoxy) is 1. The molecule has 0 spiro atoms. The average molecular weight is 285 g/mol. The molecule has 6 nitrogen and oxygen atoms in total. The molecule has 0 aliphatic carbocycles. The van der Waals surface area contributed by atoms with Crippen LogP contribution in [-0.4, -0.2) is 27.2 Å². The molecule has 1 aliphatic heterocycles. The second-order valence-electron chi connectivity index (χ2n) is 5.14. The fraction of sp³-hybridized carbons (Fsp3) is 0.500. The van der Waals surface area contributed by atoms with Crippen LogP contribution < -0.4 is 16.2 Å². The number of anilines is 2. The van der Waals surface area contributed by atoms with Gasteiger partial charge in [0.15, 0.2) is 0 Å². The van der Waals surface area contributed by atoms with E-state index in [4.69, 9.17) is 15.6 Å². The zero-order chi connectivity index (χ0) is 14.1. The largest absolute Gasteiger partial charge is 0.398 e. The van der Waals surface area contributed by atoms with Gasteiger partial charge in [0.05, 0.1) is 17.8 Å². The quantitative estimate of drug-likeness (QED) is 0.715. The summed E-state index contributed by atoms with van der Waals surface area (Å²) >= 11 is 0. The lowest BCUT2D eigenvalue weighted by Gasteiger charge is -2.35. The SMILES string of the molecule is CC1(Nc2ccc(S(N)(=O)=O)c(N)c2)CCCOC1. The third-order valence-electron chi connectivity index (χ3n) is 3.20. The minimum atomic E-state index is -3.78. The van der Waals surface area contributed by atoms with Crippen LogP contribution in [0.3, 0.4) is 0 Å². The number of hydrogen-bond acceptors (Lipinski definition) is 5. The summed E-state index contributed by atoms with van der Waals surface area (Å²) in [7, 11) is -3.78. The van der Waals surface area contributed by atoms with Gasteiger partial charge in [-0.05, 0) is 38.0 Å². The van der Waals surface area contributed by atoms with Crippen molar-refractivity contribution in [1.82, 2.24) is 0 Å². The van der Waals surface area contributed by atoms with Crippen LogP contribution in [0.25, 0.3) is 0 Å². The van der Waals surface area contributed by atoms with E-state index in [9.17, 15) is 8.42 Å². The van der Waals surface area contributed by atoms with E-state index in [1.54, 1.807) is 12.1 Å². The van der Waals surface area contributed by atoms with E-state index in [1.165, 1.54) is 6.07 Å². The van der Waals surface area contributed by atoms with Crippen molar-refractivity contribution in [3.63, 3.8) is 0 Å². The molecule has 1 heterocycles. The number of rotatable bonds is 3. The molecule has 1 fully saturated rings. The van der Waals surface area contributed by atoms with Gasteiger partial charge < -0.3 is 15.8 Å². The molecule has 0 aromatic heterocycles. The molecule has 0 amide bonds. The molecule has 1 aliphatic rings. The van der Waals surface area contributed by atoms with Crippen LogP contribution in [0, 0.1) is 0 Å². The molecule has 0 saturated carbocycles. The third-order valence-corrected chi connectivity index (χ3v) is 4.19. The maximum atomic E-state index is 11.3. The zero-order valence-corrected chi connectivity index (χ0v) is 11.7. The van der Waals surface area contributed by atoms with Crippen molar-refractivity contribution in [1.29, 1.82) is 0 Å². The number of nitrogen functional groups attached to an aromatic ring is 1. The number of benzene rings is 1. The minimum Gasteiger partial charge on any atom is -0.398 e. The van der Waals surface area contributed by atoms with Crippen LogP contribution in [-0.2, 0) is 14.8 Å². The maximum Gasteiger partial charge on any atom is 0.240 e. The van der Waals surface area contributed by atoms with Crippen LogP contribution >= 0.6 is 0 Å². The second kappa shape index (κ2) is 4.99. The molecule has 1 saturated heterocycles. The highest BCUT2D eigenvalue weighted by Crippen LogP contribution is 2.27. The lowest BCUT2D eigenvalue weighted by molar-refractivity contribution is 0.0540. The van der Waals surface area contributed by atoms with Crippen LogP contribution in [0.2, 0.25) is 0 Å². The van der Waals surface area contributed by atoms with Gasteiger partial charge in [-0.1, -0.05) is 0 Å². The Balaban J connectivity index is 2.21. The van der Waals surface area contributed by atoms with Gasteiger partial charge in [0.25, 0.3) is 0 Å². The molecule has 19 heavy (non-hydrogen) atoms. The Hall–Kier alpha value is -1.31. The summed E-state index contributed by atoms with van der Waals surface area (Å²) in [6.45, 7) is 3.46. The topological polar surface area (TPSA) is 107 Å². The smallest absolute Gasteiger partial charge is 0.240 e. The Morgan fingerprint density at radius 3 is 2.68 bits per heavy atom. The standard InChI is InChI=1S/C12H19N3O3S/c1-12(5-2-6-18-8-12)15-9-3-4-11(10(13)7-9)19(14,16)17/h3-4,7,15H,2,5-6,8,13H2,1H3,(H2,14,16,17). The van der Waals surface area contributed by atoms with Crippen molar-refractivity contribution in [2.75, 3.05) is 24.3 Å². The van der Waals surface area contributed by atoms with Gasteiger partial charge in [-0.3, -0.25) is 0 Å². The molecule has 106 valence electrons. The van der Waals surface area contributed by atoms with Gasteiger partial charge in [0, 0.05) is 12.3 Å². The number of nitrogens with one attached hydrogen (secondary N) is 1. The zero-order valence-electron chi connectivity index (χ0n) is 10.8. The second-order valence-corrected chi connectivity index (χ2v) is 6.67. The minimum absolute atomic E-state index is 0.0527. The summed E-state index contributed by atoms with van der Waals surface area (Å²) in [5.74, 6) is 0.